The second-order valence-corrected chi connectivity index (χ2v) is 8.70. The molecule has 8 N–H and O–H groups in total. The van der Waals surface area contributed by atoms with E-state index in [9.17, 15) is 29.1 Å². The summed E-state index contributed by atoms with van der Waals surface area (Å²) in [7, 11) is 0. The van der Waals surface area contributed by atoms with Crippen molar-refractivity contribution >= 4 is 40.6 Å². The first-order chi connectivity index (χ1) is 18.1. The van der Waals surface area contributed by atoms with Crippen molar-refractivity contribution in [2.24, 2.45) is 5.73 Å². The number of carbonyl (C=O) groups excluding carboxylic acids is 3. The molecule has 3 atom stereocenters. The van der Waals surface area contributed by atoms with Crippen LogP contribution in [-0.4, -0.2) is 69.5 Å². The topological polar surface area (TPSA) is 204 Å². The van der Waals surface area contributed by atoms with Crippen molar-refractivity contribution in [2.75, 3.05) is 6.54 Å². The lowest BCUT2D eigenvalue weighted by atomic mass is 10.0. The highest BCUT2D eigenvalue weighted by molar-refractivity contribution is 5.93. The van der Waals surface area contributed by atoms with Crippen LogP contribution in [0.15, 0.2) is 60.8 Å². The van der Waals surface area contributed by atoms with Crippen molar-refractivity contribution in [3.05, 3.63) is 71.9 Å². The number of benzene rings is 2. The Labute approximate surface area is 217 Å². The zero-order chi connectivity index (χ0) is 27.7. The van der Waals surface area contributed by atoms with Gasteiger partial charge < -0.3 is 36.9 Å². The number of nitrogens with one attached hydrogen (secondary N) is 4. The second-order valence-electron chi connectivity index (χ2n) is 8.70. The maximum atomic E-state index is 13.2. The molecule has 0 aliphatic heterocycles. The Kier molecular flexibility index (Phi) is 9.54. The largest absolute Gasteiger partial charge is 0.481 e. The van der Waals surface area contributed by atoms with E-state index < -0.39 is 60.8 Å². The predicted molar refractivity (Wildman–Crippen MR) is 137 cm³/mol. The highest BCUT2D eigenvalue weighted by Crippen LogP contribution is 2.19. The van der Waals surface area contributed by atoms with Crippen LogP contribution in [-0.2, 0) is 36.8 Å². The maximum Gasteiger partial charge on any atom is 0.326 e. The van der Waals surface area contributed by atoms with Crippen LogP contribution in [0.2, 0.25) is 0 Å². The number of fused-ring (bicyclic) bond motifs is 1. The summed E-state index contributed by atoms with van der Waals surface area (Å²) in [5.74, 6) is -4.80. The predicted octanol–water partition coefficient (Wildman–Crippen LogP) is -0.0745. The number of hydrogen-bond donors (Lipinski definition) is 7. The Hall–Kier alpha value is -4.71. The number of carboxylic acid groups (broad SMARTS) is 2. The first-order valence-electron chi connectivity index (χ1n) is 11.8. The first kappa shape index (κ1) is 27.9. The Morgan fingerprint density at radius 3 is 2.21 bits per heavy atom. The number of aromatic amines is 1. The van der Waals surface area contributed by atoms with Gasteiger partial charge in [0.05, 0.1) is 19.0 Å². The molecule has 3 amide bonds. The lowest BCUT2D eigenvalue weighted by Crippen LogP contribution is -2.55. The van der Waals surface area contributed by atoms with Gasteiger partial charge in [-0.1, -0.05) is 48.5 Å². The van der Waals surface area contributed by atoms with Crippen LogP contribution in [0.3, 0.4) is 0 Å². The standard InChI is InChI=1S/C26H29N5O7/c27-18(12-23(33)34)24(35)29-14-22(32)30-20(10-15-6-2-1-3-7-15)25(36)31-21(26(37)38)11-16-13-28-19-9-5-4-8-17(16)19/h1-9,13,18,20-21,28H,10-12,14,27H2,(H,29,35)(H,30,32)(H,31,36)(H,33,34)(H,37,38). The molecule has 0 saturated heterocycles. The van der Waals surface area contributed by atoms with E-state index in [0.717, 1.165) is 10.9 Å². The number of nitrogens with two attached hydrogens (primary N) is 1. The fraction of sp³-hybridized carbons (Fsp3) is 0.269. The molecule has 38 heavy (non-hydrogen) atoms. The quantitative estimate of drug-likeness (QED) is 0.161. The molecule has 1 aromatic heterocycles. The molecule has 0 fully saturated rings. The van der Waals surface area contributed by atoms with E-state index in [1.807, 2.05) is 24.3 Å². The SMILES string of the molecule is NC(CC(=O)O)C(=O)NCC(=O)NC(Cc1ccccc1)C(=O)NC(Cc1c[nH]c2ccccc12)C(=O)O. The fourth-order valence-corrected chi connectivity index (χ4v) is 3.88. The average molecular weight is 524 g/mol. The average Bonchev–Trinajstić information content (AvgIpc) is 3.29. The zero-order valence-electron chi connectivity index (χ0n) is 20.3. The molecule has 0 radical (unpaired) electrons. The number of aromatic nitrogens is 1. The van der Waals surface area contributed by atoms with Gasteiger partial charge in [-0.3, -0.25) is 19.2 Å². The van der Waals surface area contributed by atoms with Gasteiger partial charge in [0.2, 0.25) is 17.7 Å². The van der Waals surface area contributed by atoms with Crippen molar-refractivity contribution < 1.29 is 34.2 Å². The molecule has 12 nitrogen and oxygen atoms in total. The van der Waals surface area contributed by atoms with E-state index in [0.29, 0.717) is 11.1 Å². The smallest absolute Gasteiger partial charge is 0.326 e. The minimum Gasteiger partial charge on any atom is -0.481 e. The van der Waals surface area contributed by atoms with Crippen molar-refractivity contribution in [1.82, 2.24) is 20.9 Å². The van der Waals surface area contributed by atoms with Crippen molar-refractivity contribution in [1.29, 1.82) is 0 Å². The van der Waals surface area contributed by atoms with Crippen LogP contribution >= 0.6 is 0 Å². The molecule has 0 aliphatic carbocycles. The molecule has 1 heterocycles. The summed E-state index contributed by atoms with van der Waals surface area (Å²) < 4.78 is 0. The van der Waals surface area contributed by atoms with Gasteiger partial charge in [-0.25, -0.2) is 4.79 Å². The Morgan fingerprint density at radius 2 is 1.53 bits per heavy atom. The molecule has 0 saturated carbocycles. The minimum absolute atomic E-state index is 0.00854. The van der Waals surface area contributed by atoms with Crippen LogP contribution in [0.25, 0.3) is 10.9 Å². The van der Waals surface area contributed by atoms with Crippen molar-refractivity contribution in [2.45, 2.75) is 37.4 Å². The molecule has 0 aliphatic rings. The molecule has 200 valence electrons. The van der Waals surface area contributed by atoms with Crippen LogP contribution in [0, 0.1) is 0 Å². The Morgan fingerprint density at radius 1 is 0.842 bits per heavy atom. The first-order valence-corrected chi connectivity index (χ1v) is 11.8. The lowest BCUT2D eigenvalue weighted by molar-refractivity contribution is -0.142. The summed E-state index contributed by atoms with van der Waals surface area (Å²) in [5, 5.41) is 26.6. The van der Waals surface area contributed by atoms with Crippen molar-refractivity contribution in [3.8, 4) is 0 Å². The van der Waals surface area contributed by atoms with E-state index in [1.165, 1.54) is 0 Å². The molecular weight excluding hydrogens is 494 g/mol. The number of amides is 3. The number of hydrogen-bond acceptors (Lipinski definition) is 6. The van der Waals surface area contributed by atoms with Gasteiger partial charge >= 0.3 is 11.9 Å². The van der Waals surface area contributed by atoms with E-state index in [2.05, 4.69) is 20.9 Å². The summed E-state index contributed by atoms with van der Waals surface area (Å²) >= 11 is 0. The fourth-order valence-electron chi connectivity index (χ4n) is 3.88. The molecule has 3 aromatic rings. The molecule has 3 unspecified atom stereocenters. The number of carbonyl (C=O) groups is 5. The second kappa shape index (κ2) is 13.0. The van der Waals surface area contributed by atoms with E-state index in [-0.39, 0.29) is 12.8 Å². The van der Waals surface area contributed by atoms with Crippen LogP contribution in [0.4, 0.5) is 0 Å². The molecule has 3 rings (SSSR count). The zero-order valence-corrected chi connectivity index (χ0v) is 20.3. The summed E-state index contributed by atoms with van der Waals surface area (Å²) in [5.41, 5.74) is 7.73. The van der Waals surface area contributed by atoms with E-state index in [1.54, 1.807) is 36.5 Å². The van der Waals surface area contributed by atoms with E-state index >= 15 is 0 Å². The summed E-state index contributed by atoms with van der Waals surface area (Å²) in [6.45, 7) is -0.553. The molecule has 0 bridgehead atoms. The molecule has 2 aromatic carbocycles. The van der Waals surface area contributed by atoms with Gasteiger partial charge in [-0.05, 0) is 17.2 Å². The molecule has 0 spiro atoms. The number of para-hydroxylation sites is 1. The normalized spacial score (nSPS) is 13.2. The summed E-state index contributed by atoms with van der Waals surface area (Å²) in [4.78, 5) is 63.5. The number of carboxylic acids is 2. The van der Waals surface area contributed by atoms with Gasteiger partial charge in [-0.15, -0.1) is 0 Å². The monoisotopic (exact) mass is 523 g/mol. The van der Waals surface area contributed by atoms with Gasteiger partial charge in [-0.2, -0.15) is 0 Å². The Bertz CT molecular complexity index is 1310. The third-order valence-corrected chi connectivity index (χ3v) is 5.80. The molecule has 12 heteroatoms. The van der Waals surface area contributed by atoms with E-state index in [4.69, 9.17) is 10.8 Å². The summed E-state index contributed by atoms with van der Waals surface area (Å²) in [6, 6.07) is 12.4. The number of aliphatic carboxylic acids is 2. The van der Waals surface area contributed by atoms with Crippen LogP contribution in [0.5, 0.6) is 0 Å². The van der Waals surface area contributed by atoms with Gasteiger partial charge in [0, 0.05) is 29.9 Å². The molecular formula is C26H29N5O7. The van der Waals surface area contributed by atoms with Crippen LogP contribution in [0.1, 0.15) is 17.5 Å². The third kappa shape index (κ3) is 7.90. The highest BCUT2D eigenvalue weighted by atomic mass is 16.4. The Balaban J connectivity index is 1.70. The number of rotatable bonds is 13. The third-order valence-electron chi connectivity index (χ3n) is 5.80. The highest BCUT2D eigenvalue weighted by Gasteiger charge is 2.28. The lowest BCUT2D eigenvalue weighted by Gasteiger charge is -2.22. The van der Waals surface area contributed by atoms with Crippen LogP contribution < -0.4 is 21.7 Å². The van der Waals surface area contributed by atoms with Crippen molar-refractivity contribution in [3.63, 3.8) is 0 Å². The maximum absolute atomic E-state index is 13.2. The minimum atomic E-state index is -1.34. The van der Waals surface area contributed by atoms with Gasteiger partial charge in [0.15, 0.2) is 0 Å². The van der Waals surface area contributed by atoms with Gasteiger partial charge in [0.1, 0.15) is 12.1 Å². The summed E-state index contributed by atoms with van der Waals surface area (Å²) in [6.07, 6.45) is 1.14. The number of H-pyrrole nitrogens is 1. The van der Waals surface area contributed by atoms with Gasteiger partial charge in [0.25, 0.3) is 0 Å².